The highest BCUT2D eigenvalue weighted by Gasteiger charge is 2.36. The number of carbonyl (C=O) groups excluding carboxylic acids is 1. The minimum absolute atomic E-state index is 0. The molecule has 2 aliphatic heterocycles. The van der Waals surface area contributed by atoms with Crippen molar-refractivity contribution in [1.82, 2.24) is 4.90 Å². The summed E-state index contributed by atoms with van der Waals surface area (Å²) in [5.41, 5.74) is 2.21. The van der Waals surface area contributed by atoms with Crippen molar-refractivity contribution >= 4 is 23.9 Å². The maximum atomic E-state index is 13.1. The van der Waals surface area contributed by atoms with Crippen molar-refractivity contribution in [3.63, 3.8) is 0 Å². The molecule has 3 rings (SSSR count). The van der Waals surface area contributed by atoms with Crippen LogP contribution >= 0.6 is 12.4 Å². The Bertz CT molecular complexity index is 558. The standard InChI is InChI=1S/C17H20FNO2.ClH/c1-2-17(20)21-16-8-10-19-9-7-14(15(16)11-19)12-3-5-13(18)6-4-12;/h3-7,15-16H,2,8-11H2,1H3;1H/t15-,16-;/m1./s1. The number of ether oxygens (including phenoxy) is 1. The van der Waals surface area contributed by atoms with Crippen LogP contribution in [0.4, 0.5) is 4.39 Å². The van der Waals surface area contributed by atoms with Gasteiger partial charge in [0.15, 0.2) is 0 Å². The molecule has 0 saturated carbocycles. The van der Waals surface area contributed by atoms with Crippen LogP contribution in [0.2, 0.25) is 0 Å². The third-order valence-electron chi connectivity index (χ3n) is 4.35. The first-order chi connectivity index (χ1) is 10.2. The van der Waals surface area contributed by atoms with Gasteiger partial charge in [0.05, 0.1) is 0 Å². The predicted octanol–water partition coefficient (Wildman–Crippen LogP) is 3.29. The second kappa shape index (κ2) is 7.25. The van der Waals surface area contributed by atoms with Crippen LogP contribution in [-0.4, -0.2) is 36.6 Å². The summed E-state index contributed by atoms with van der Waals surface area (Å²) < 4.78 is 18.7. The molecular weight excluding hydrogens is 305 g/mol. The number of carbonyl (C=O) groups is 1. The molecule has 0 aromatic heterocycles. The van der Waals surface area contributed by atoms with Gasteiger partial charge in [0.25, 0.3) is 0 Å². The summed E-state index contributed by atoms with van der Waals surface area (Å²) in [7, 11) is 0. The summed E-state index contributed by atoms with van der Waals surface area (Å²) in [5, 5.41) is 0. The Morgan fingerprint density at radius 3 is 2.77 bits per heavy atom. The van der Waals surface area contributed by atoms with Crippen LogP contribution in [0.5, 0.6) is 0 Å². The van der Waals surface area contributed by atoms with E-state index >= 15 is 0 Å². The number of hydrogen-bond donors (Lipinski definition) is 0. The molecule has 0 radical (unpaired) electrons. The van der Waals surface area contributed by atoms with Crippen molar-refractivity contribution in [1.29, 1.82) is 0 Å². The third kappa shape index (κ3) is 3.50. The molecule has 2 bridgehead atoms. The molecule has 22 heavy (non-hydrogen) atoms. The number of piperidine rings is 1. The van der Waals surface area contributed by atoms with E-state index in [1.807, 2.05) is 19.1 Å². The molecule has 5 heteroatoms. The summed E-state index contributed by atoms with van der Waals surface area (Å²) in [4.78, 5) is 14.0. The number of benzene rings is 1. The van der Waals surface area contributed by atoms with Crippen molar-refractivity contribution < 1.29 is 13.9 Å². The molecule has 2 aliphatic rings. The van der Waals surface area contributed by atoms with Crippen molar-refractivity contribution in [3.8, 4) is 0 Å². The molecule has 0 aliphatic carbocycles. The average molecular weight is 326 g/mol. The lowest BCUT2D eigenvalue weighted by atomic mass is 9.81. The quantitative estimate of drug-likeness (QED) is 0.799. The predicted molar refractivity (Wildman–Crippen MR) is 86.3 cm³/mol. The van der Waals surface area contributed by atoms with Crippen LogP contribution in [0, 0.1) is 11.7 Å². The molecule has 1 saturated heterocycles. The van der Waals surface area contributed by atoms with E-state index in [2.05, 4.69) is 11.0 Å². The van der Waals surface area contributed by atoms with Gasteiger partial charge in [-0.1, -0.05) is 25.1 Å². The van der Waals surface area contributed by atoms with Crippen molar-refractivity contribution in [3.05, 3.63) is 41.7 Å². The van der Waals surface area contributed by atoms with E-state index in [9.17, 15) is 9.18 Å². The van der Waals surface area contributed by atoms with Crippen LogP contribution < -0.4 is 0 Å². The van der Waals surface area contributed by atoms with E-state index in [1.165, 1.54) is 17.7 Å². The maximum Gasteiger partial charge on any atom is 0.305 e. The smallest absolute Gasteiger partial charge is 0.305 e. The first kappa shape index (κ1) is 17.0. The number of halogens is 2. The summed E-state index contributed by atoms with van der Waals surface area (Å²) >= 11 is 0. The van der Waals surface area contributed by atoms with E-state index in [0.717, 1.165) is 31.6 Å². The Labute approximate surface area is 136 Å². The monoisotopic (exact) mass is 325 g/mol. The van der Waals surface area contributed by atoms with E-state index in [-0.39, 0.29) is 36.2 Å². The van der Waals surface area contributed by atoms with E-state index in [4.69, 9.17) is 4.74 Å². The summed E-state index contributed by atoms with van der Waals surface area (Å²) in [6, 6.07) is 6.59. The lowest BCUT2D eigenvalue weighted by molar-refractivity contribution is -0.152. The molecule has 0 amide bonds. The van der Waals surface area contributed by atoms with Crippen LogP contribution in [-0.2, 0) is 9.53 Å². The Hall–Kier alpha value is -1.39. The summed E-state index contributed by atoms with van der Waals surface area (Å²) in [6.07, 6.45) is 3.40. The molecule has 3 nitrogen and oxygen atoms in total. The maximum absolute atomic E-state index is 13.1. The van der Waals surface area contributed by atoms with Crippen molar-refractivity contribution in [2.75, 3.05) is 19.6 Å². The molecule has 0 spiro atoms. The Kier molecular flexibility index (Phi) is 5.59. The van der Waals surface area contributed by atoms with Gasteiger partial charge in [-0.15, -0.1) is 12.4 Å². The number of rotatable bonds is 3. The minimum Gasteiger partial charge on any atom is -0.462 e. The van der Waals surface area contributed by atoms with Crippen molar-refractivity contribution in [2.24, 2.45) is 5.92 Å². The Balaban J connectivity index is 0.00000176. The van der Waals surface area contributed by atoms with Gasteiger partial charge in [-0.2, -0.15) is 0 Å². The Morgan fingerprint density at radius 1 is 1.36 bits per heavy atom. The molecule has 3 atom stereocenters. The zero-order valence-corrected chi connectivity index (χ0v) is 13.4. The largest absolute Gasteiger partial charge is 0.462 e. The number of esters is 1. The minimum atomic E-state index is -0.227. The second-order valence-corrected chi connectivity index (χ2v) is 5.70. The van der Waals surface area contributed by atoms with Crippen LogP contribution in [0.15, 0.2) is 30.3 Å². The van der Waals surface area contributed by atoms with Crippen molar-refractivity contribution in [2.45, 2.75) is 25.9 Å². The van der Waals surface area contributed by atoms with Crippen LogP contribution in [0.25, 0.3) is 5.57 Å². The highest BCUT2D eigenvalue weighted by molar-refractivity contribution is 5.85. The first-order valence-electron chi connectivity index (χ1n) is 7.55. The lowest BCUT2D eigenvalue weighted by Gasteiger charge is -2.42. The molecule has 1 aromatic carbocycles. The normalized spacial score (nSPS) is 26.6. The SMILES string of the molecule is CCC(=O)O[C@@H]1CCN2CC=C(c3ccc(F)cc3)[C@H]1C2.Cl. The van der Waals surface area contributed by atoms with E-state index in [0.29, 0.717) is 6.42 Å². The van der Waals surface area contributed by atoms with Gasteiger partial charge < -0.3 is 4.74 Å². The van der Waals surface area contributed by atoms with Gasteiger partial charge >= 0.3 is 5.97 Å². The summed E-state index contributed by atoms with van der Waals surface area (Å²) in [5.74, 6) is -0.180. The molecule has 1 fully saturated rings. The molecule has 0 N–H and O–H groups in total. The summed E-state index contributed by atoms with van der Waals surface area (Å²) in [6.45, 7) is 4.60. The molecule has 120 valence electrons. The zero-order valence-electron chi connectivity index (χ0n) is 12.6. The average Bonchev–Trinajstić information content (AvgIpc) is 2.51. The second-order valence-electron chi connectivity index (χ2n) is 5.70. The van der Waals surface area contributed by atoms with Gasteiger partial charge in [0.2, 0.25) is 0 Å². The topological polar surface area (TPSA) is 29.5 Å². The van der Waals surface area contributed by atoms with Crippen LogP contribution in [0.3, 0.4) is 0 Å². The lowest BCUT2D eigenvalue weighted by Crippen LogP contribution is -2.47. The number of hydrogen-bond acceptors (Lipinski definition) is 3. The molecule has 2 heterocycles. The molecule has 1 aromatic rings. The van der Waals surface area contributed by atoms with Gasteiger partial charge in [0.1, 0.15) is 11.9 Å². The van der Waals surface area contributed by atoms with Gasteiger partial charge in [-0.3, -0.25) is 9.69 Å². The molecule has 1 unspecified atom stereocenters. The number of nitrogens with zero attached hydrogens (tertiary/aromatic N) is 1. The van der Waals surface area contributed by atoms with Crippen LogP contribution in [0.1, 0.15) is 25.3 Å². The number of fused-ring (bicyclic) bond motifs is 2. The van der Waals surface area contributed by atoms with E-state index in [1.54, 1.807) is 0 Å². The fraction of sp³-hybridized carbons (Fsp3) is 0.471. The third-order valence-corrected chi connectivity index (χ3v) is 4.35. The Morgan fingerprint density at radius 2 is 2.09 bits per heavy atom. The highest BCUT2D eigenvalue weighted by atomic mass is 35.5. The van der Waals surface area contributed by atoms with E-state index < -0.39 is 0 Å². The fourth-order valence-electron chi connectivity index (χ4n) is 3.21. The van der Waals surface area contributed by atoms with Gasteiger partial charge in [-0.25, -0.2) is 4.39 Å². The van der Waals surface area contributed by atoms with Gasteiger partial charge in [0, 0.05) is 32.0 Å². The van der Waals surface area contributed by atoms with Gasteiger partial charge in [-0.05, 0) is 29.7 Å². The fourth-order valence-corrected chi connectivity index (χ4v) is 3.21. The molecular formula is C17H21ClFNO2. The highest BCUT2D eigenvalue weighted by Crippen LogP contribution is 2.36. The first-order valence-corrected chi connectivity index (χ1v) is 7.55. The zero-order chi connectivity index (χ0) is 14.8.